The lowest BCUT2D eigenvalue weighted by atomic mass is 9.94. The Bertz CT molecular complexity index is 7320. The van der Waals surface area contributed by atoms with Crippen molar-refractivity contribution in [3.05, 3.63) is 297 Å². The first-order valence-electron chi connectivity index (χ1n) is 33.1. The van der Waals surface area contributed by atoms with Crippen LogP contribution >= 0.6 is 45.3 Å². The van der Waals surface area contributed by atoms with Crippen LogP contribution < -0.4 is 0 Å². The molecule has 16 aromatic carbocycles. The van der Waals surface area contributed by atoms with Crippen LogP contribution in [-0.4, -0.2) is 13.7 Å². The van der Waals surface area contributed by atoms with Crippen molar-refractivity contribution in [3.63, 3.8) is 0 Å². The number of aromatic nitrogens is 3. The van der Waals surface area contributed by atoms with Crippen LogP contribution in [-0.2, 0) is 0 Å². The lowest BCUT2D eigenvalue weighted by Gasteiger charge is -2.15. The predicted molar refractivity (Wildman–Crippen MR) is 424 cm³/mol. The maximum atomic E-state index is 2.65. The molecule has 0 atom stereocenters. The van der Waals surface area contributed by atoms with Crippen LogP contribution in [0.1, 0.15) is 0 Å². The van der Waals surface area contributed by atoms with Gasteiger partial charge >= 0.3 is 0 Å². The average molecular weight is 1300 g/mol. The zero-order chi connectivity index (χ0) is 62.9. The summed E-state index contributed by atoms with van der Waals surface area (Å²) in [6.45, 7) is 0. The number of benzene rings is 16. The van der Waals surface area contributed by atoms with E-state index in [0.29, 0.717) is 0 Å². The van der Waals surface area contributed by atoms with E-state index >= 15 is 0 Å². The molecule has 3 nitrogen and oxygen atoms in total. The summed E-state index contributed by atoms with van der Waals surface area (Å²) in [4.78, 5) is 0. The Kier molecular flexibility index (Phi) is 10.7. The molecule has 23 rings (SSSR count). The van der Waals surface area contributed by atoms with Gasteiger partial charge in [0.25, 0.3) is 0 Å². The van der Waals surface area contributed by atoms with E-state index in [1.54, 1.807) is 0 Å². The molecular weight excluding hydrogens is 1250 g/mol. The Morgan fingerprint density at radius 1 is 0.175 bits per heavy atom. The maximum absolute atomic E-state index is 2.65. The largest absolute Gasteiger partial charge is 0.309 e. The second-order valence-electron chi connectivity index (χ2n) is 26.1. The third-order valence-corrected chi connectivity index (χ3v) is 25.8. The highest BCUT2D eigenvalue weighted by molar-refractivity contribution is 7.28. The lowest BCUT2D eigenvalue weighted by molar-refractivity contribution is 1.19. The monoisotopic (exact) mass is 1300 g/mol. The topological polar surface area (TPSA) is 14.8 Å². The van der Waals surface area contributed by atoms with Gasteiger partial charge in [-0.15, -0.1) is 45.3 Å². The van der Waals surface area contributed by atoms with Crippen LogP contribution in [0.3, 0.4) is 0 Å². The first-order chi connectivity index (χ1) is 48.1. The molecule has 0 aliphatic heterocycles. The van der Waals surface area contributed by atoms with Crippen LogP contribution in [0.25, 0.3) is 218 Å². The number of fused-ring (bicyclic) bond motifs is 29. The quantitative estimate of drug-likeness (QED) is 0.153. The van der Waals surface area contributed by atoms with Crippen molar-refractivity contribution in [2.75, 3.05) is 0 Å². The van der Waals surface area contributed by atoms with E-state index in [1.165, 1.54) is 212 Å². The molecule has 7 heteroatoms. The van der Waals surface area contributed by atoms with Gasteiger partial charge in [0.2, 0.25) is 0 Å². The first-order valence-corrected chi connectivity index (χ1v) is 36.4. The van der Waals surface area contributed by atoms with E-state index in [0.717, 1.165) is 5.69 Å². The summed E-state index contributed by atoms with van der Waals surface area (Å²) in [5, 5.41) is 25.6. The molecule has 0 saturated heterocycles. The van der Waals surface area contributed by atoms with Gasteiger partial charge < -0.3 is 13.7 Å². The average Bonchev–Trinajstić information content (AvgIpc) is 1.53. The van der Waals surface area contributed by atoms with Crippen LogP contribution in [0.2, 0.25) is 0 Å². The molecule has 97 heavy (non-hydrogen) atoms. The number of nitrogens with zero attached hydrogens (tertiary/aromatic N) is 3. The molecule has 23 aromatic rings. The van der Waals surface area contributed by atoms with Gasteiger partial charge in [0.05, 0.1) is 33.1 Å². The summed E-state index contributed by atoms with van der Waals surface area (Å²) in [5.41, 5.74) is 15.7. The van der Waals surface area contributed by atoms with Crippen LogP contribution in [0.15, 0.2) is 297 Å². The second kappa shape index (κ2) is 19.6. The Labute approximate surface area is 569 Å². The highest BCUT2D eigenvalue weighted by Crippen LogP contribution is 2.55. The molecule has 448 valence electrons. The fourth-order valence-electron chi connectivity index (χ4n) is 17.1. The molecule has 0 unspecified atom stereocenters. The van der Waals surface area contributed by atoms with Crippen molar-refractivity contribution in [3.8, 4) is 39.3 Å². The molecule has 0 fully saturated rings. The minimum Gasteiger partial charge on any atom is -0.309 e. The van der Waals surface area contributed by atoms with Gasteiger partial charge in [0.1, 0.15) is 0 Å². The fraction of sp³-hybridized carbons (Fsp3) is 0. The normalized spacial score (nSPS) is 12.5. The molecular formula is C90H49N3S4. The summed E-state index contributed by atoms with van der Waals surface area (Å²) in [5.74, 6) is 0. The third-order valence-electron chi connectivity index (χ3n) is 21.2. The van der Waals surface area contributed by atoms with Crippen LogP contribution in [0, 0.1) is 0 Å². The van der Waals surface area contributed by atoms with Crippen molar-refractivity contribution >= 4 is 224 Å². The van der Waals surface area contributed by atoms with Gasteiger partial charge in [0.15, 0.2) is 0 Å². The Balaban J connectivity index is 0.795. The molecule has 0 amide bonds. The summed E-state index contributed by atoms with van der Waals surface area (Å²) in [6, 6.07) is 113. The molecule has 0 radical (unpaired) electrons. The molecule has 0 bridgehead atoms. The van der Waals surface area contributed by atoms with Crippen molar-refractivity contribution in [2.24, 2.45) is 0 Å². The SMILES string of the molecule is c1ccc2c(c1)sc1c2c(-c2ccc3c(c2)sc2cc(-n4c5ccccc5c5ccccc54)ccc23)cc2c1c1c3c(sc4ccccc43)c(-c3ccc4c(c3)sc3cc(-n5c6ccccc6c6ccccc65)ccc34)cc1n2-c1ccc2c3ccccc3c3ccccc3c2c1. The highest BCUT2D eigenvalue weighted by Gasteiger charge is 2.28. The molecule has 7 aromatic heterocycles. The number of hydrogen-bond donors (Lipinski definition) is 0. The Morgan fingerprint density at radius 2 is 0.515 bits per heavy atom. The van der Waals surface area contributed by atoms with Gasteiger partial charge in [-0.25, -0.2) is 0 Å². The number of thiophene rings is 4. The second-order valence-corrected chi connectivity index (χ2v) is 30.4. The summed E-state index contributed by atoms with van der Waals surface area (Å²) in [7, 11) is 0. The molecule has 0 aliphatic rings. The molecule has 7 heterocycles. The molecule has 0 N–H and O–H groups in total. The predicted octanol–water partition coefficient (Wildman–Crippen LogP) is 27.2. The van der Waals surface area contributed by atoms with Gasteiger partial charge in [-0.2, -0.15) is 0 Å². The van der Waals surface area contributed by atoms with Gasteiger partial charge in [0, 0.05) is 136 Å². The summed E-state index contributed by atoms with van der Waals surface area (Å²) < 4.78 is 17.9. The molecule has 0 spiro atoms. The zero-order valence-corrected chi connectivity index (χ0v) is 55.0. The van der Waals surface area contributed by atoms with E-state index in [1.807, 2.05) is 45.3 Å². The van der Waals surface area contributed by atoms with Gasteiger partial charge in [-0.3, -0.25) is 0 Å². The third kappa shape index (κ3) is 7.27. The van der Waals surface area contributed by atoms with Crippen LogP contribution in [0.4, 0.5) is 0 Å². The van der Waals surface area contributed by atoms with Crippen molar-refractivity contribution < 1.29 is 0 Å². The maximum Gasteiger partial charge on any atom is 0.0562 e. The van der Waals surface area contributed by atoms with E-state index in [2.05, 4.69) is 311 Å². The Hall–Kier alpha value is -11.4. The smallest absolute Gasteiger partial charge is 0.0562 e. The number of rotatable bonds is 5. The lowest BCUT2D eigenvalue weighted by Crippen LogP contribution is -1.95. The van der Waals surface area contributed by atoms with Crippen LogP contribution in [0.5, 0.6) is 0 Å². The Morgan fingerprint density at radius 3 is 1.02 bits per heavy atom. The minimum absolute atomic E-state index is 1.14. The standard InChI is InChI=1S/C90H49N3S4/c1-2-19-57-55(17-1)56-18-3-4-20-58(56)72-45-52(35-40-59(57)72)93-77-49-71(51-34-39-65-67-42-37-54(47-84(67)95-82(65)44-51)92-75-29-13-7-23-62(75)63-24-8-14-30-76(63)92)89-86(69-26-10-16-32-80(69)96-89)87(77)88-78(93)48-70(85-68-25-9-15-31-79(68)97-90(85)88)50-33-38-64-66-41-36-53(46-83(66)94-81(64)43-50)91-73-27-11-5-21-60(73)61-22-6-12-28-74(61)91/h1-49H. The summed E-state index contributed by atoms with van der Waals surface area (Å²) >= 11 is 7.69. The van der Waals surface area contributed by atoms with E-state index in [9.17, 15) is 0 Å². The van der Waals surface area contributed by atoms with Crippen molar-refractivity contribution in [2.45, 2.75) is 0 Å². The minimum atomic E-state index is 1.14. The van der Waals surface area contributed by atoms with Gasteiger partial charge in [-0.1, -0.05) is 200 Å². The summed E-state index contributed by atoms with van der Waals surface area (Å²) in [6.07, 6.45) is 0. The molecule has 0 saturated carbocycles. The number of hydrogen-bond acceptors (Lipinski definition) is 4. The molecule has 0 aliphatic carbocycles. The highest BCUT2D eigenvalue weighted by atomic mass is 32.1. The van der Waals surface area contributed by atoms with E-state index in [4.69, 9.17) is 0 Å². The van der Waals surface area contributed by atoms with E-state index < -0.39 is 0 Å². The van der Waals surface area contributed by atoms with Crippen molar-refractivity contribution in [1.82, 2.24) is 13.7 Å². The van der Waals surface area contributed by atoms with Crippen molar-refractivity contribution in [1.29, 1.82) is 0 Å². The number of para-hydroxylation sites is 4. The van der Waals surface area contributed by atoms with Gasteiger partial charge in [-0.05, 0) is 146 Å². The fourth-order valence-corrected chi connectivity index (χ4v) is 21.9. The zero-order valence-electron chi connectivity index (χ0n) is 51.8. The first kappa shape index (κ1) is 52.9. The van der Waals surface area contributed by atoms with E-state index in [-0.39, 0.29) is 0 Å².